The average molecular weight is 297 g/mol. The third-order valence-corrected chi connectivity index (χ3v) is 6.01. The summed E-state index contributed by atoms with van der Waals surface area (Å²) in [6, 6.07) is 21.8. The number of rotatable bonds is 6. The van der Waals surface area contributed by atoms with Crippen LogP contribution in [0.4, 0.5) is 0 Å². The molecule has 0 saturated heterocycles. The van der Waals surface area contributed by atoms with Gasteiger partial charge in [0.2, 0.25) is 0 Å². The van der Waals surface area contributed by atoms with E-state index in [1.54, 1.807) is 0 Å². The molecule has 1 saturated carbocycles. The maximum atomic E-state index is 3.83. The molecule has 1 fully saturated rings. The lowest BCUT2D eigenvalue weighted by Gasteiger charge is -2.41. The molecule has 1 aliphatic carbocycles. The van der Waals surface area contributed by atoms with Gasteiger partial charge in [-0.1, -0.05) is 67.1 Å². The second kappa shape index (κ2) is 6.67. The van der Waals surface area contributed by atoms with Gasteiger partial charge in [0, 0.05) is 11.3 Å². The van der Waals surface area contributed by atoms with Crippen LogP contribution in [0.1, 0.15) is 36.4 Å². The number of benzene rings is 2. The van der Waals surface area contributed by atoms with Crippen LogP contribution < -0.4 is 5.32 Å². The quantitative estimate of drug-likeness (QED) is 0.833. The smallest absolute Gasteiger partial charge is 0.0577 e. The molecule has 0 spiro atoms. The van der Waals surface area contributed by atoms with Gasteiger partial charge in [-0.15, -0.1) is 0 Å². The van der Waals surface area contributed by atoms with Gasteiger partial charge in [0.1, 0.15) is 0 Å². The summed E-state index contributed by atoms with van der Waals surface area (Å²) in [4.78, 5) is 0. The molecular weight excluding hydrogens is 274 g/mol. The molecule has 2 aromatic carbocycles. The Morgan fingerprint density at radius 2 is 1.48 bits per heavy atom. The van der Waals surface area contributed by atoms with Crippen LogP contribution in [0.15, 0.2) is 60.7 Å². The minimum absolute atomic E-state index is 0.289. The summed E-state index contributed by atoms with van der Waals surface area (Å²) in [5.41, 5.74) is 2.69. The Hall–Kier alpha value is -1.25. The predicted molar refractivity (Wildman–Crippen MR) is 92.8 cm³/mol. The summed E-state index contributed by atoms with van der Waals surface area (Å²) in [6.45, 7) is 1.09. The van der Waals surface area contributed by atoms with Crippen molar-refractivity contribution < 1.29 is 0 Å². The van der Waals surface area contributed by atoms with Crippen LogP contribution in [-0.2, 0) is 0 Å². The Bertz CT molecular complexity index is 503. The van der Waals surface area contributed by atoms with Gasteiger partial charge in [-0.05, 0) is 30.2 Å². The summed E-state index contributed by atoms with van der Waals surface area (Å²) in [5.74, 6) is 0. The van der Waals surface area contributed by atoms with Crippen LogP contribution in [0.5, 0.6) is 0 Å². The number of thioether (sulfide) groups is 1. The first kappa shape index (κ1) is 14.7. The van der Waals surface area contributed by atoms with Crippen molar-refractivity contribution in [1.82, 2.24) is 5.32 Å². The normalized spacial score (nSPS) is 16.7. The van der Waals surface area contributed by atoms with Crippen molar-refractivity contribution in [2.24, 2.45) is 0 Å². The van der Waals surface area contributed by atoms with Gasteiger partial charge in [0.05, 0.1) is 6.04 Å². The Morgan fingerprint density at radius 1 is 0.952 bits per heavy atom. The molecule has 1 nitrogen and oxygen atoms in total. The van der Waals surface area contributed by atoms with E-state index in [2.05, 4.69) is 72.2 Å². The molecule has 0 aromatic heterocycles. The highest BCUT2D eigenvalue weighted by atomic mass is 32.2. The monoisotopic (exact) mass is 297 g/mol. The number of hydrogen-bond acceptors (Lipinski definition) is 2. The van der Waals surface area contributed by atoms with Gasteiger partial charge >= 0.3 is 0 Å². The minimum Gasteiger partial charge on any atom is -0.305 e. The van der Waals surface area contributed by atoms with E-state index in [-0.39, 0.29) is 6.04 Å². The molecule has 2 heteroatoms. The average Bonchev–Trinajstić information content (AvgIpc) is 2.52. The molecule has 3 rings (SSSR count). The summed E-state index contributed by atoms with van der Waals surface area (Å²) < 4.78 is 0.460. The Labute approximate surface area is 132 Å². The van der Waals surface area contributed by atoms with E-state index in [0.717, 1.165) is 6.54 Å². The van der Waals surface area contributed by atoms with Crippen molar-refractivity contribution in [3.8, 4) is 0 Å². The molecule has 0 aliphatic heterocycles. The summed E-state index contributed by atoms with van der Waals surface area (Å²) >= 11 is 2.03. The third kappa shape index (κ3) is 3.33. The third-order valence-electron chi connectivity index (χ3n) is 4.59. The lowest BCUT2D eigenvalue weighted by atomic mass is 9.83. The number of hydrogen-bond donors (Lipinski definition) is 1. The SMILES string of the molecule is CSC1(CNC(c2ccccc2)c2ccccc2)CCC1. The van der Waals surface area contributed by atoms with Gasteiger partial charge < -0.3 is 5.32 Å². The van der Waals surface area contributed by atoms with Crippen LogP contribution in [0.2, 0.25) is 0 Å². The fraction of sp³-hybridized carbons (Fsp3) is 0.368. The highest BCUT2D eigenvalue weighted by Crippen LogP contribution is 2.42. The lowest BCUT2D eigenvalue weighted by Crippen LogP contribution is -2.44. The number of nitrogens with one attached hydrogen (secondary N) is 1. The second-order valence-electron chi connectivity index (χ2n) is 5.88. The maximum Gasteiger partial charge on any atom is 0.0577 e. The lowest BCUT2D eigenvalue weighted by molar-refractivity contribution is 0.338. The largest absolute Gasteiger partial charge is 0.305 e. The highest BCUT2D eigenvalue weighted by Gasteiger charge is 2.36. The summed E-state index contributed by atoms with van der Waals surface area (Å²) in [7, 11) is 0. The second-order valence-corrected chi connectivity index (χ2v) is 7.15. The van der Waals surface area contributed by atoms with Crippen molar-refractivity contribution in [1.29, 1.82) is 0 Å². The maximum absolute atomic E-state index is 3.83. The zero-order valence-electron chi connectivity index (χ0n) is 12.6. The first-order valence-electron chi connectivity index (χ1n) is 7.71. The van der Waals surface area contributed by atoms with Gasteiger partial charge in [0.15, 0.2) is 0 Å². The highest BCUT2D eigenvalue weighted by molar-refractivity contribution is 8.00. The van der Waals surface area contributed by atoms with Crippen molar-refractivity contribution in [3.63, 3.8) is 0 Å². The molecule has 0 atom stereocenters. The van der Waals surface area contributed by atoms with E-state index in [4.69, 9.17) is 0 Å². The van der Waals surface area contributed by atoms with E-state index in [1.807, 2.05) is 11.8 Å². The summed E-state index contributed by atoms with van der Waals surface area (Å²) in [5, 5.41) is 3.83. The van der Waals surface area contributed by atoms with Gasteiger partial charge in [-0.2, -0.15) is 11.8 Å². The van der Waals surface area contributed by atoms with Crippen molar-refractivity contribution in [3.05, 3.63) is 71.8 Å². The van der Waals surface area contributed by atoms with Crippen LogP contribution in [-0.4, -0.2) is 17.5 Å². The Morgan fingerprint density at radius 3 is 1.86 bits per heavy atom. The molecular formula is C19H23NS. The molecule has 21 heavy (non-hydrogen) atoms. The van der Waals surface area contributed by atoms with Gasteiger partial charge in [-0.25, -0.2) is 0 Å². The van der Waals surface area contributed by atoms with E-state index in [1.165, 1.54) is 30.4 Å². The van der Waals surface area contributed by atoms with Gasteiger partial charge in [0.25, 0.3) is 0 Å². The van der Waals surface area contributed by atoms with Crippen LogP contribution >= 0.6 is 11.8 Å². The first-order valence-corrected chi connectivity index (χ1v) is 8.94. The Balaban J connectivity index is 1.80. The van der Waals surface area contributed by atoms with Crippen molar-refractivity contribution in [2.45, 2.75) is 30.1 Å². The molecule has 0 heterocycles. The van der Waals surface area contributed by atoms with Gasteiger partial charge in [-0.3, -0.25) is 0 Å². The standard InChI is InChI=1S/C19H23NS/c1-21-19(13-8-14-19)15-20-18(16-9-4-2-5-10-16)17-11-6-3-7-12-17/h2-7,9-12,18,20H,8,13-15H2,1H3. The molecule has 0 bridgehead atoms. The fourth-order valence-electron chi connectivity index (χ4n) is 3.03. The molecule has 0 radical (unpaired) electrons. The molecule has 110 valence electrons. The minimum atomic E-state index is 0.289. The molecule has 0 amide bonds. The van der Waals surface area contributed by atoms with Crippen molar-refractivity contribution >= 4 is 11.8 Å². The zero-order valence-corrected chi connectivity index (χ0v) is 13.4. The predicted octanol–water partition coefficient (Wildman–Crippen LogP) is 4.65. The van der Waals surface area contributed by atoms with Crippen molar-refractivity contribution in [2.75, 3.05) is 12.8 Å². The Kier molecular flexibility index (Phi) is 4.67. The van der Waals surface area contributed by atoms with E-state index >= 15 is 0 Å². The first-order chi connectivity index (χ1) is 10.3. The molecule has 1 aliphatic rings. The van der Waals surface area contributed by atoms with E-state index < -0.39 is 0 Å². The van der Waals surface area contributed by atoms with Crippen LogP contribution in [0, 0.1) is 0 Å². The van der Waals surface area contributed by atoms with Crippen LogP contribution in [0.3, 0.4) is 0 Å². The van der Waals surface area contributed by atoms with E-state index in [9.17, 15) is 0 Å². The fourth-order valence-corrected chi connectivity index (χ4v) is 3.96. The van der Waals surface area contributed by atoms with Crippen LogP contribution in [0.25, 0.3) is 0 Å². The molecule has 0 unspecified atom stereocenters. The summed E-state index contributed by atoms with van der Waals surface area (Å²) in [6.07, 6.45) is 6.32. The molecule has 1 N–H and O–H groups in total. The topological polar surface area (TPSA) is 12.0 Å². The molecule has 2 aromatic rings. The zero-order chi connectivity index (χ0) is 14.5. The van der Waals surface area contributed by atoms with E-state index in [0.29, 0.717) is 4.75 Å².